The normalized spacial score (nSPS) is 23.6. The van der Waals surface area contributed by atoms with Crippen molar-refractivity contribution in [2.24, 2.45) is 5.41 Å². The zero-order valence-electron chi connectivity index (χ0n) is 11.7. The Labute approximate surface area is 120 Å². The van der Waals surface area contributed by atoms with Crippen LogP contribution in [0.4, 0.5) is 0 Å². The van der Waals surface area contributed by atoms with Crippen molar-refractivity contribution in [1.29, 1.82) is 5.26 Å². The molecule has 1 N–H and O–H groups in total. The van der Waals surface area contributed by atoms with Gasteiger partial charge in [0.15, 0.2) is 0 Å². The Balaban J connectivity index is 1.79. The number of rotatable bonds is 2. The van der Waals surface area contributed by atoms with Crippen LogP contribution in [0.15, 0.2) is 24.3 Å². The minimum absolute atomic E-state index is 0.0563. The molecule has 0 spiro atoms. The second-order valence-corrected chi connectivity index (χ2v) is 6.02. The summed E-state index contributed by atoms with van der Waals surface area (Å²) in [6.45, 7) is 0. The van der Waals surface area contributed by atoms with E-state index in [9.17, 15) is 10.1 Å². The van der Waals surface area contributed by atoms with Crippen LogP contribution in [-0.2, 0) is 11.2 Å². The van der Waals surface area contributed by atoms with E-state index in [4.69, 9.17) is 0 Å². The highest BCUT2D eigenvalue weighted by molar-refractivity contribution is 5.86. The lowest BCUT2D eigenvalue weighted by atomic mass is 9.84. The van der Waals surface area contributed by atoms with Gasteiger partial charge in [0, 0.05) is 0 Å². The molecule has 0 saturated heterocycles. The fraction of sp³-hybridized carbons (Fsp3) is 0.529. The molecule has 1 aromatic rings. The summed E-state index contributed by atoms with van der Waals surface area (Å²) in [6.07, 6.45) is 6.57. The minimum Gasteiger partial charge on any atom is -0.348 e. The molecule has 0 unspecified atom stereocenters. The number of nitrogens with zero attached hydrogens (tertiary/aromatic N) is 1. The lowest BCUT2D eigenvalue weighted by molar-refractivity contribution is -0.128. The predicted octanol–water partition coefficient (Wildman–Crippen LogP) is 3.26. The standard InChI is InChI=1S/C17H20N2O/c18-12-17(10-3-4-11-17)16(20)19-15-9-5-7-13-6-1-2-8-14(13)15/h1-2,6,8,15H,3-5,7,9-11H2,(H,19,20)/t15-/m1/s1. The zero-order valence-corrected chi connectivity index (χ0v) is 11.7. The lowest BCUT2D eigenvalue weighted by Gasteiger charge is -2.29. The molecule has 1 amide bonds. The second kappa shape index (κ2) is 5.28. The molecule has 0 radical (unpaired) electrons. The molecule has 3 rings (SSSR count). The van der Waals surface area contributed by atoms with Crippen molar-refractivity contribution in [3.05, 3.63) is 35.4 Å². The summed E-state index contributed by atoms with van der Waals surface area (Å²) >= 11 is 0. The Morgan fingerprint density at radius 1 is 1.25 bits per heavy atom. The summed E-state index contributed by atoms with van der Waals surface area (Å²) in [7, 11) is 0. The Bertz CT molecular complexity index is 552. The number of carbonyl (C=O) groups excluding carboxylic acids is 1. The van der Waals surface area contributed by atoms with Gasteiger partial charge >= 0.3 is 0 Å². The lowest BCUT2D eigenvalue weighted by Crippen LogP contribution is -2.41. The van der Waals surface area contributed by atoms with Gasteiger partial charge in [-0.05, 0) is 43.2 Å². The quantitative estimate of drug-likeness (QED) is 0.895. The molecular weight excluding hydrogens is 248 g/mol. The van der Waals surface area contributed by atoms with Crippen molar-refractivity contribution in [3.8, 4) is 6.07 Å². The third-order valence-electron chi connectivity index (χ3n) is 4.78. The summed E-state index contributed by atoms with van der Waals surface area (Å²) in [5, 5.41) is 12.5. The van der Waals surface area contributed by atoms with Gasteiger partial charge < -0.3 is 5.32 Å². The molecule has 1 fully saturated rings. The molecule has 2 aliphatic rings. The maximum absolute atomic E-state index is 12.5. The maximum Gasteiger partial charge on any atom is 0.240 e. The number of amides is 1. The molecule has 1 saturated carbocycles. The maximum atomic E-state index is 12.5. The number of fused-ring (bicyclic) bond motifs is 1. The number of aryl methyl sites for hydroxylation is 1. The number of nitriles is 1. The first-order chi connectivity index (χ1) is 9.75. The third-order valence-corrected chi connectivity index (χ3v) is 4.78. The Morgan fingerprint density at radius 2 is 2.00 bits per heavy atom. The SMILES string of the molecule is N#CC1(C(=O)N[C@@H]2CCCc3ccccc32)CCCC1. The van der Waals surface area contributed by atoms with Crippen LogP contribution in [0.5, 0.6) is 0 Å². The molecule has 3 heteroatoms. The fourth-order valence-electron chi connectivity index (χ4n) is 3.57. The van der Waals surface area contributed by atoms with Gasteiger partial charge in [-0.2, -0.15) is 5.26 Å². The Morgan fingerprint density at radius 3 is 2.75 bits per heavy atom. The average molecular weight is 268 g/mol. The van der Waals surface area contributed by atoms with E-state index in [0.29, 0.717) is 12.8 Å². The number of hydrogen-bond donors (Lipinski definition) is 1. The van der Waals surface area contributed by atoms with E-state index in [1.165, 1.54) is 11.1 Å². The van der Waals surface area contributed by atoms with Gasteiger partial charge in [-0.15, -0.1) is 0 Å². The van der Waals surface area contributed by atoms with E-state index in [0.717, 1.165) is 32.1 Å². The van der Waals surface area contributed by atoms with Gasteiger partial charge in [0.2, 0.25) is 5.91 Å². The van der Waals surface area contributed by atoms with E-state index in [1.807, 2.05) is 6.07 Å². The highest BCUT2D eigenvalue weighted by Crippen LogP contribution is 2.39. The van der Waals surface area contributed by atoms with Gasteiger partial charge in [-0.1, -0.05) is 37.1 Å². The first kappa shape index (κ1) is 13.2. The van der Waals surface area contributed by atoms with Crippen molar-refractivity contribution in [2.45, 2.75) is 51.0 Å². The van der Waals surface area contributed by atoms with Crippen molar-refractivity contribution in [1.82, 2.24) is 5.32 Å². The average Bonchev–Trinajstić information content (AvgIpc) is 2.98. The Kier molecular flexibility index (Phi) is 3.48. The van der Waals surface area contributed by atoms with Crippen LogP contribution >= 0.6 is 0 Å². The van der Waals surface area contributed by atoms with Gasteiger partial charge in [-0.3, -0.25) is 4.79 Å². The monoisotopic (exact) mass is 268 g/mol. The number of benzene rings is 1. The summed E-state index contributed by atoms with van der Waals surface area (Å²) in [5.41, 5.74) is 1.80. The van der Waals surface area contributed by atoms with Crippen LogP contribution in [-0.4, -0.2) is 5.91 Å². The molecule has 0 aromatic heterocycles. The molecule has 1 aromatic carbocycles. The van der Waals surface area contributed by atoms with Crippen LogP contribution in [0.25, 0.3) is 0 Å². The van der Waals surface area contributed by atoms with E-state index >= 15 is 0 Å². The van der Waals surface area contributed by atoms with Gasteiger partial charge in [0.25, 0.3) is 0 Å². The van der Waals surface area contributed by atoms with Gasteiger partial charge in [0.1, 0.15) is 5.41 Å². The molecule has 104 valence electrons. The fourth-order valence-corrected chi connectivity index (χ4v) is 3.57. The molecule has 2 aliphatic carbocycles. The number of hydrogen-bond acceptors (Lipinski definition) is 2. The van der Waals surface area contributed by atoms with Crippen LogP contribution in [0.3, 0.4) is 0 Å². The topological polar surface area (TPSA) is 52.9 Å². The van der Waals surface area contributed by atoms with Crippen LogP contribution < -0.4 is 5.32 Å². The summed E-state index contributed by atoms with van der Waals surface area (Å²) in [4.78, 5) is 12.5. The van der Waals surface area contributed by atoms with Gasteiger partial charge in [0.05, 0.1) is 12.1 Å². The second-order valence-electron chi connectivity index (χ2n) is 6.02. The van der Waals surface area contributed by atoms with E-state index < -0.39 is 5.41 Å². The highest BCUT2D eigenvalue weighted by atomic mass is 16.2. The largest absolute Gasteiger partial charge is 0.348 e. The van der Waals surface area contributed by atoms with E-state index in [2.05, 4.69) is 29.6 Å². The highest BCUT2D eigenvalue weighted by Gasteiger charge is 2.42. The predicted molar refractivity (Wildman–Crippen MR) is 76.8 cm³/mol. The minimum atomic E-state index is -0.771. The first-order valence-electron chi connectivity index (χ1n) is 7.55. The Hall–Kier alpha value is -1.82. The molecule has 20 heavy (non-hydrogen) atoms. The summed E-state index contributed by atoms with van der Waals surface area (Å²) < 4.78 is 0. The van der Waals surface area contributed by atoms with Crippen molar-refractivity contribution < 1.29 is 4.79 Å². The van der Waals surface area contributed by atoms with Crippen molar-refractivity contribution >= 4 is 5.91 Å². The van der Waals surface area contributed by atoms with Crippen LogP contribution in [0.2, 0.25) is 0 Å². The third kappa shape index (κ3) is 2.20. The van der Waals surface area contributed by atoms with Crippen molar-refractivity contribution in [2.75, 3.05) is 0 Å². The molecule has 0 heterocycles. The van der Waals surface area contributed by atoms with Crippen LogP contribution in [0, 0.1) is 16.7 Å². The van der Waals surface area contributed by atoms with E-state index in [1.54, 1.807) is 0 Å². The summed E-state index contributed by atoms with van der Waals surface area (Å²) in [6, 6.07) is 10.7. The molecular formula is C17H20N2O. The molecule has 0 aliphatic heterocycles. The molecule has 0 bridgehead atoms. The van der Waals surface area contributed by atoms with E-state index in [-0.39, 0.29) is 11.9 Å². The van der Waals surface area contributed by atoms with Gasteiger partial charge in [-0.25, -0.2) is 0 Å². The molecule has 1 atom stereocenters. The van der Waals surface area contributed by atoms with Crippen molar-refractivity contribution in [3.63, 3.8) is 0 Å². The number of carbonyl (C=O) groups is 1. The first-order valence-corrected chi connectivity index (χ1v) is 7.55. The summed E-state index contributed by atoms with van der Waals surface area (Å²) in [5.74, 6) is -0.0563. The molecule has 3 nitrogen and oxygen atoms in total. The zero-order chi connectivity index (χ0) is 14.0. The smallest absolute Gasteiger partial charge is 0.240 e. The number of nitrogens with one attached hydrogen (secondary N) is 1. The van der Waals surface area contributed by atoms with Crippen LogP contribution in [0.1, 0.15) is 55.7 Å².